The maximum absolute atomic E-state index is 12.9. The largest absolute Gasteiger partial charge is 0.497 e. The molecule has 1 aliphatic rings. The van der Waals surface area contributed by atoms with E-state index in [4.69, 9.17) is 9.57 Å². The van der Waals surface area contributed by atoms with Crippen LogP contribution in [0.4, 0.5) is 0 Å². The van der Waals surface area contributed by atoms with E-state index in [9.17, 15) is 14.4 Å². The van der Waals surface area contributed by atoms with Crippen LogP contribution in [0.2, 0.25) is 0 Å². The van der Waals surface area contributed by atoms with Gasteiger partial charge in [0.05, 0.1) is 35.8 Å². The molecule has 0 spiro atoms. The standard InChI is InChI=1S/C22H19N3O5/c1-13(2)19-18(12-23-24(19)14-8-10-15(29-3)11-9-14)22(28)30-25-20(26)16-6-4-5-7-17(16)21(25)27/h4-13H,1-3H3. The summed E-state index contributed by atoms with van der Waals surface area (Å²) in [4.78, 5) is 43.0. The van der Waals surface area contributed by atoms with E-state index in [1.807, 2.05) is 26.0 Å². The van der Waals surface area contributed by atoms with Gasteiger partial charge in [-0.25, -0.2) is 9.48 Å². The van der Waals surface area contributed by atoms with Crippen molar-refractivity contribution in [2.45, 2.75) is 19.8 Å². The Kier molecular flexibility index (Phi) is 4.83. The zero-order valence-corrected chi connectivity index (χ0v) is 16.7. The van der Waals surface area contributed by atoms with Gasteiger partial charge in [-0.05, 0) is 42.3 Å². The van der Waals surface area contributed by atoms with Crippen LogP contribution in [0.25, 0.3) is 5.69 Å². The molecule has 0 bridgehead atoms. The number of carbonyl (C=O) groups is 3. The van der Waals surface area contributed by atoms with E-state index < -0.39 is 17.8 Å². The monoisotopic (exact) mass is 405 g/mol. The number of carbonyl (C=O) groups excluding carboxylic acids is 3. The van der Waals surface area contributed by atoms with Crippen molar-refractivity contribution in [2.75, 3.05) is 7.11 Å². The van der Waals surface area contributed by atoms with Crippen LogP contribution in [0.15, 0.2) is 54.7 Å². The molecule has 0 atom stereocenters. The lowest BCUT2D eigenvalue weighted by atomic mass is 10.1. The summed E-state index contributed by atoms with van der Waals surface area (Å²) in [6.45, 7) is 3.83. The van der Waals surface area contributed by atoms with Gasteiger partial charge in [0.2, 0.25) is 0 Å². The molecule has 4 rings (SSSR count). The molecule has 0 saturated carbocycles. The number of benzene rings is 2. The van der Waals surface area contributed by atoms with E-state index in [-0.39, 0.29) is 22.6 Å². The van der Waals surface area contributed by atoms with E-state index in [1.165, 1.54) is 18.3 Å². The van der Waals surface area contributed by atoms with Crippen LogP contribution < -0.4 is 4.74 Å². The number of hydroxylamine groups is 2. The maximum Gasteiger partial charge on any atom is 0.367 e. The van der Waals surface area contributed by atoms with E-state index in [0.29, 0.717) is 16.5 Å². The van der Waals surface area contributed by atoms with Crippen molar-refractivity contribution in [2.24, 2.45) is 0 Å². The van der Waals surface area contributed by atoms with Crippen molar-refractivity contribution in [1.82, 2.24) is 14.8 Å². The Morgan fingerprint density at radius 2 is 1.57 bits per heavy atom. The molecule has 0 fully saturated rings. The molecule has 2 amide bonds. The fourth-order valence-corrected chi connectivity index (χ4v) is 3.38. The lowest BCUT2D eigenvalue weighted by Crippen LogP contribution is -2.33. The van der Waals surface area contributed by atoms with E-state index >= 15 is 0 Å². The Bertz CT molecular complexity index is 1110. The number of hydrogen-bond acceptors (Lipinski definition) is 6. The fourth-order valence-electron chi connectivity index (χ4n) is 3.38. The fraction of sp³-hybridized carbons (Fsp3) is 0.182. The average molecular weight is 405 g/mol. The molecule has 0 N–H and O–H groups in total. The predicted molar refractivity (Wildman–Crippen MR) is 107 cm³/mol. The molecule has 0 unspecified atom stereocenters. The number of hydrogen-bond donors (Lipinski definition) is 0. The van der Waals surface area contributed by atoms with Gasteiger partial charge in [0, 0.05) is 0 Å². The topological polar surface area (TPSA) is 90.7 Å². The second-order valence-electron chi connectivity index (χ2n) is 7.04. The molecule has 1 aliphatic heterocycles. The molecular weight excluding hydrogens is 386 g/mol. The summed E-state index contributed by atoms with van der Waals surface area (Å²) in [5.41, 5.74) is 1.92. The van der Waals surface area contributed by atoms with E-state index in [2.05, 4.69) is 5.10 Å². The first-order chi connectivity index (χ1) is 14.4. The Balaban J connectivity index is 1.64. The second-order valence-corrected chi connectivity index (χ2v) is 7.04. The van der Waals surface area contributed by atoms with Crippen LogP contribution in [0.5, 0.6) is 5.75 Å². The zero-order valence-electron chi connectivity index (χ0n) is 16.7. The van der Waals surface area contributed by atoms with Crippen LogP contribution in [-0.2, 0) is 4.84 Å². The smallest absolute Gasteiger partial charge is 0.367 e. The SMILES string of the molecule is COc1ccc(-n2ncc(C(=O)ON3C(=O)c4ccccc4C3=O)c2C(C)C)cc1. The highest BCUT2D eigenvalue weighted by atomic mass is 16.7. The molecule has 30 heavy (non-hydrogen) atoms. The highest BCUT2D eigenvalue weighted by Crippen LogP contribution is 2.27. The minimum atomic E-state index is -0.826. The number of ether oxygens (including phenoxy) is 1. The third-order valence-corrected chi connectivity index (χ3v) is 4.82. The van der Waals surface area contributed by atoms with E-state index in [0.717, 1.165) is 5.69 Å². The number of aromatic nitrogens is 2. The van der Waals surface area contributed by atoms with Crippen LogP contribution in [-0.4, -0.2) is 39.7 Å². The highest BCUT2D eigenvalue weighted by molar-refractivity contribution is 6.21. The number of methoxy groups -OCH3 is 1. The van der Waals surface area contributed by atoms with Crippen LogP contribution in [0.3, 0.4) is 0 Å². The van der Waals surface area contributed by atoms with Crippen molar-refractivity contribution < 1.29 is 24.0 Å². The first-order valence-electron chi connectivity index (χ1n) is 9.34. The quantitative estimate of drug-likeness (QED) is 0.605. The Hall–Kier alpha value is -3.94. The third-order valence-electron chi connectivity index (χ3n) is 4.82. The lowest BCUT2D eigenvalue weighted by Gasteiger charge is -2.15. The van der Waals surface area contributed by atoms with Gasteiger partial charge in [-0.1, -0.05) is 31.0 Å². The van der Waals surface area contributed by atoms with Crippen molar-refractivity contribution in [3.05, 3.63) is 77.1 Å². The first kappa shape index (κ1) is 19.4. The average Bonchev–Trinajstić information content (AvgIpc) is 3.30. The molecule has 8 heteroatoms. The van der Waals surface area contributed by atoms with Gasteiger partial charge in [-0.3, -0.25) is 9.59 Å². The molecule has 3 aromatic rings. The summed E-state index contributed by atoms with van der Waals surface area (Å²) in [5.74, 6) is -1.55. The predicted octanol–water partition coefficient (Wildman–Crippen LogP) is 3.37. The Morgan fingerprint density at radius 1 is 0.967 bits per heavy atom. The third kappa shape index (κ3) is 3.12. The van der Waals surface area contributed by atoms with Crippen LogP contribution in [0, 0.1) is 0 Å². The maximum atomic E-state index is 12.9. The Morgan fingerprint density at radius 3 is 2.10 bits per heavy atom. The molecule has 8 nitrogen and oxygen atoms in total. The summed E-state index contributed by atoms with van der Waals surface area (Å²) in [5, 5.41) is 4.82. The number of imide groups is 1. The number of fused-ring (bicyclic) bond motifs is 1. The van der Waals surface area contributed by atoms with Gasteiger partial charge in [-0.15, -0.1) is 0 Å². The van der Waals surface area contributed by atoms with Crippen molar-refractivity contribution in [1.29, 1.82) is 0 Å². The first-order valence-corrected chi connectivity index (χ1v) is 9.34. The highest BCUT2D eigenvalue weighted by Gasteiger charge is 2.39. The molecule has 152 valence electrons. The van der Waals surface area contributed by atoms with Gasteiger partial charge in [0.25, 0.3) is 11.8 Å². The molecule has 0 radical (unpaired) electrons. The second kappa shape index (κ2) is 7.47. The van der Waals surface area contributed by atoms with Gasteiger partial charge in [-0.2, -0.15) is 5.10 Å². The molecular formula is C22H19N3O5. The van der Waals surface area contributed by atoms with Crippen molar-refractivity contribution in [3.8, 4) is 11.4 Å². The zero-order chi connectivity index (χ0) is 21.4. The number of rotatable bonds is 5. The summed E-state index contributed by atoms with van der Waals surface area (Å²) in [7, 11) is 1.58. The lowest BCUT2D eigenvalue weighted by molar-refractivity contribution is -0.0585. The minimum absolute atomic E-state index is 0.0840. The van der Waals surface area contributed by atoms with Crippen LogP contribution >= 0.6 is 0 Å². The molecule has 2 heterocycles. The van der Waals surface area contributed by atoms with Gasteiger partial charge < -0.3 is 9.57 Å². The molecule has 0 saturated heterocycles. The summed E-state index contributed by atoms with van der Waals surface area (Å²) < 4.78 is 6.80. The van der Waals surface area contributed by atoms with E-state index in [1.54, 1.807) is 36.1 Å². The summed E-state index contributed by atoms with van der Waals surface area (Å²) in [6.07, 6.45) is 1.38. The van der Waals surface area contributed by atoms with Gasteiger partial charge >= 0.3 is 5.97 Å². The summed E-state index contributed by atoms with van der Waals surface area (Å²) >= 11 is 0. The van der Waals surface area contributed by atoms with Gasteiger partial charge in [0.15, 0.2) is 0 Å². The Labute approximate surface area is 172 Å². The molecule has 2 aromatic carbocycles. The molecule has 0 aliphatic carbocycles. The van der Waals surface area contributed by atoms with Crippen molar-refractivity contribution in [3.63, 3.8) is 0 Å². The number of nitrogens with zero attached hydrogens (tertiary/aromatic N) is 3. The van der Waals surface area contributed by atoms with Crippen molar-refractivity contribution >= 4 is 17.8 Å². The minimum Gasteiger partial charge on any atom is -0.497 e. The molecule has 1 aromatic heterocycles. The van der Waals surface area contributed by atoms with Crippen LogP contribution in [0.1, 0.15) is 56.5 Å². The summed E-state index contributed by atoms with van der Waals surface area (Å²) in [6, 6.07) is 13.5. The number of amides is 2. The van der Waals surface area contributed by atoms with Gasteiger partial charge in [0.1, 0.15) is 11.3 Å². The normalized spacial score (nSPS) is 13.0.